The Bertz CT molecular complexity index is 878. The molecule has 0 N–H and O–H groups in total. The molecule has 3 rings (SSSR count). The first-order valence-corrected chi connectivity index (χ1v) is 8.78. The van der Waals surface area contributed by atoms with Crippen LogP contribution < -0.4 is 4.74 Å². The van der Waals surface area contributed by atoms with Crippen molar-refractivity contribution >= 4 is 10.8 Å². The maximum absolute atomic E-state index is 15.0. The molecule has 0 aliphatic heterocycles. The van der Waals surface area contributed by atoms with Gasteiger partial charge < -0.3 is 4.74 Å². The molecule has 0 saturated carbocycles. The molecule has 0 saturated heterocycles. The number of aryl methyl sites for hydroxylation is 1. The third-order valence-corrected chi connectivity index (χ3v) is 4.31. The summed E-state index contributed by atoms with van der Waals surface area (Å²) in [5, 5.41) is 1.47. The maximum atomic E-state index is 15.0. The molecule has 0 radical (unpaired) electrons. The van der Waals surface area contributed by atoms with E-state index in [1.807, 2.05) is 55.5 Å². The number of halogens is 1. The highest BCUT2D eigenvalue weighted by atomic mass is 19.1. The van der Waals surface area contributed by atoms with Gasteiger partial charge in [-0.2, -0.15) is 0 Å². The quantitative estimate of drug-likeness (QED) is 0.464. The van der Waals surface area contributed by atoms with Crippen molar-refractivity contribution in [2.75, 3.05) is 6.61 Å². The van der Waals surface area contributed by atoms with E-state index >= 15 is 0 Å². The van der Waals surface area contributed by atoms with Gasteiger partial charge in [0.05, 0.1) is 0 Å². The lowest BCUT2D eigenvalue weighted by atomic mass is 9.98. The summed E-state index contributed by atoms with van der Waals surface area (Å²) in [4.78, 5) is 0. The molecule has 128 valence electrons. The first kappa shape index (κ1) is 17.2. The predicted octanol–water partition coefficient (Wildman–Crippen LogP) is 6.55. The van der Waals surface area contributed by atoms with Crippen molar-refractivity contribution in [2.24, 2.45) is 0 Å². The summed E-state index contributed by atoms with van der Waals surface area (Å²) >= 11 is 0. The van der Waals surface area contributed by atoms with Gasteiger partial charge >= 0.3 is 0 Å². The Hall–Kier alpha value is -2.61. The second-order valence-corrected chi connectivity index (χ2v) is 6.14. The lowest BCUT2D eigenvalue weighted by Crippen LogP contribution is -1.94. The number of hydrogen-bond donors (Lipinski definition) is 0. The van der Waals surface area contributed by atoms with E-state index in [4.69, 9.17) is 4.74 Å². The predicted molar refractivity (Wildman–Crippen MR) is 104 cm³/mol. The molecule has 0 amide bonds. The normalized spacial score (nSPS) is 11.3. The Morgan fingerprint density at radius 2 is 1.80 bits per heavy atom. The highest BCUT2D eigenvalue weighted by Gasteiger charge is 2.10. The summed E-state index contributed by atoms with van der Waals surface area (Å²) in [5.41, 5.74) is 2.83. The average molecular weight is 334 g/mol. The second kappa shape index (κ2) is 7.98. The van der Waals surface area contributed by atoms with Crippen LogP contribution in [0.4, 0.5) is 4.39 Å². The van der Waals surface area contributed by atoms with Crippen LogP contribution in [0.3, 0.4) is 0 Å². The molecule has 0 aliphatic carbocycles. The van der Waals surface area contributed by atoms with Gasteiger partial charge in [0.2, 0.25) is 0 Å². The molecule has 0 aromatic heterocycles. The summed E-state index contributed by atoms with van der Waals surface area (Å²) in [6.45, 7) is 4.63. The third-order valence-electron chi connectivity index (χ3n) is 4.31. The Balaban J connectivity index is 1.92. The van der Waals surface area contributed by atoms with Crippen molar-refractivity contribution in [3.05, 3.63) is 78.1 Å². The van der Waals surface area contributed by atoms with Crippen LogP contribution in [-0.2, 0) is 6.42 Å². The zero-order valence-electron chi connectivity index (χ0n) is 14.8. The van der Waals surface area contributed by atoms with E-state index in [1.54, 1.807) is 6.07 Å². The van der Waals surface area contributed by atoms with Crippen LogP contribution in [0.5, 0.6) is 5.75 Å². The van der Waals surface area contributed by atoms with Gasteiger partial charge in [-0.15, -0.1) is 0 Å². The topological polar surface area (TPSA) is 9.23 Å². The van der Waals surface area contributed by atoms with Crippen molar-refractivity contribution in [3.63, 3.8) is 0 Å². The smallest absolute Gasteiger partial charge is 0.138 e. The van der Waals surface area contributed by atoms with Crippen LogP contribution in [0.1, 0.15) is 25.8 Å². The monoisotopic (exact) mass is 334 g/mol. The van der Waals surface area contributed by atoms with Gasteiger partial charge in [0.25, 0.3) is 0 Å². The Kier molecular flexibility index (Phi) is 5.49. The van der Waals surface area contributed by atoms with E-state index < -0.39 is 0 Å². The van der Waals surface area contributed by atoms with Gasteiger partial charge in [-0.3, -0.25) is 0 Å². The number of allylic oxidation sites excluding steroid dienone is 1. The van der Waals surface area contributed by atoms with E-state index in [-0.39, 0.29) is 5.82 Å². The lowest BCUT2D eigenvalue weighted by Gasteiger charge is -2.10. The molecule has 2 heteroatoms. The van der Waals surface area contributed by atoms with Crippen LogP contribution in [0.15, 0.2) is 66.7 Å². The van der Waals surface area contributed by atoms with Gasteiger partial charge in [0.1, 0.15) is 18.2 Å². The first-order chi connectivity index (χ1) is 12.2. The highest BCUT2D eigenvalue weighted by molar-refractivity contribution is 5.89. The molecule has 0 atom stereocenters. The summed E-state index contributed by atoms with van der Waals surface area (Å²) in [6.07, 6.45) is 6.05. The van der Waals surface area contributed by atoms with Gasteiger partial charge in [-0.1, -0.05) is 61.9 Å². The fourth-order valence-corrected chi connectivity index (χ4v) is 2.96. The largest absolute Gasteiger partial charge is 0.490 e. The molecule has 0 unspecified atom stereocenters. The van der Waals surface area contributed by atoms with Gasteiger partial charge in [-0.25, -0.2) is 4.39 Å². The molecule has 0 fully saturated rings. The molecule has 3 aromatic carbocycles. The summed E-state index contributed by atoms with van der Waals surface area (Å²) < 4.78 is 20.6. The fraction of sp³-hybridized carbons (Fsp3) is 0.217. The minimum absolute atomic E-state index is 0.180. The van der Waals surface area contributed by atoms with Crippen LogP contribution in [-0.4, -0.2) is 6.61 Å². The SMILES string of the molecule is CC=CCOc1ccc2c(F)c(-c3ccc(CCC)cc3)ccc2c1. The van der Waals surface area contributed by atoms with Gasteiger partial charge in [0.15, 0.2) is 0 Å². The van der Waals surface area contributed by atoms with Crippen molar-refractivity contribution in [3.8, 4) is 16.9 Å². The van der Waals surface area contributed by atoms with Crippen molar-refractivity contribution < 1.29 is 9.13 Å². The zero-order chi connectivity index (χ0) is 17.6. The van der Waals surface area contributed by atoms with Crippen LogP contribution in [0, 0.1) is 5.82 Å². The maximum Gasteiger partial charge on any atom is 0.138 e. The Morgan fingerprint density at radius 1 is 1.00 bits per heavy atom. The van der Waals surface area contributed by atoms with E-state index in [0.29, 0.717) is 17.6 Å². The summed E-state index contributed by atoms with van der Waals surface area (Å²) in [7, 11) is 0. The molecular weight excluding hydrogens is 311 g/mol. The van der Waals surface area contributed by atoms with E-state index in [2.05, 4.69) is 19.1 Å². The minimum atomic E-state index is -0.180. The fourth-order valence-electron chi connectivity index (χ4n) is 2.96. The van der Waals surface area contributed by atoms with Gasteiger partial charge in [0, 0.05) is 10.9 Å². The zero-order valence-corrected chi connectivity index (χ0v) is 14.8. The number of rotatable bonds is 6. The number of benzene rings is 3. The van der Waals surface area contributed by atoms with E-state index in [0.717, 1.165) is 29.5 Å². The first-order valence-electron chi connectivity index (χ1n) is 8.78. The molecular formula is C23H23FO. The molecule has 0 bridgehead atoms. The number of hydrogen-bond acceptors (Lipinski definition) is 1. The second-order valence-electron chi connectivity index (χ2n) is 6.14. The van der Waals surface area contributed by atoms with Crippen molar-refractivity contribution in [1.29, 1.82) is 0 Å². The van der Waals surface area contributed by atoms with Crippen LogP contribution in [0.2, 0.25) is 0 Å². The van der Waals surface area contributed by atoms with E-state index in [1.165, 1.54) is 5.56 Å². The summed E-state index contributed by atoms with van der Waals surface area (Å²) in [5.74, 6) is 0.572. The molecule has 0 heterocycles. The van der Waals surface area contributed by atoms with Crippen LogP contribution in [0.25, 0.3) is 21.9 Å². The molecule has 1 nitrogen and oxygen atoms in total. The lowest BCUT2D eigenvalue weighted by molar-refractivity contribution is 0.363. The van der Waals surface area contributed by atoms with Crippen LogP contribution >= 0.6 is 0 Å². The van der Waals surface area contributed by atoms with Gasteiger partial charge in [-0.05, 0) is 48.1 Å². The average Bonchev–Trinajstić information content (AvgIpc) is 2.63. The molecule has 25 heavy (non-hydrogen) atoms. The molecule has 0 aliphatic rings. The Labute approximate surface area is 148 Å². The summed E-state index contributed by atoms with van der Waals surface area (Å²) in [6, 6.07) is 17.5. The Morgan fingerprint density at radius 3 is 2.52 bits per heavy atom. The minimum Gasteiger partial charge on any atom is -0.490 e. The molecule has 3 aromatic rings. The van der Waals surface area contributed by atoms with Crippen molar-refractivity contribution in [2.45, 2.75) is 26.7 Å². The third kappa shape index (κ3) is 3.90. The van der Waals surface area contributed by atoms with E-state index in [9.17, 15) is 4.39 Å². The standard InChI is InChI=1S/C23H23FO/c1-3-5-15-25-20-12-14-22-19(16-20)11-13-21(23(22)24)18-9-7-17(6-4-2)8-10-18/h3,5,7-14,16H,4,6,15H2,1-2H3. The number of fused-ring (bicyclic) bond motifs is 1. The highest BCUT2D eigenvalue weighted by Crippen LogP contribution is 2.31. The molecule has 0 spiro atoms. The number of ether oxygens (including phenoxy) is 1. The van der Waals surface area contributed by atoms with Crippen molar-refractivity contribution in [1.82, 2.24) is 0 Å².